The molecule has 2 aromatic rings. The van der Waals surface area contributed by atoms with Gasteiger partial charge in [-0.1, -0.05) is 18.5 Å². The molecule has 10 nitrogen and oxygen atoms in total. The highest BCUT2D eigenvalue weighted by molar-refractivity contribution is 7.91. The van der Waals surface area contributed by atoms with Crippen molar-refractivity contribution >= 4 is 39.9 Å². The van der Waals surface area contributed by atoms with Gasteiger partial charge >= 0.3 is 6.09 Å². The number of sulfone groups is 1. The third-order valence-corrected chi connectivity index (χ3v) is 8.45. The summed E-state index contributed by atoms with van der Waals surface area (Å²) >= 11 is 5.87. The van der Waals surface area contributed by atoms with Crippen LogP contribution in [0.2, 0.25) is 5.02 Å². The monoisotopic (exact) mass is 590 g/mol. The van der Waals surface area contributed by atoms with E-state index >= 15 is 0 Å². The van der Waals surface area contributed by atoms with Crippen LogP contribution in [0.15, 0.2) is 47.4 Å². The summed E-state index contributed by atoms with van der Waals surface area (Å²) in [6.07, 6.45) is -0.692. The van der Waals surface area contributed by atoms with Gasteiger partial charge in [-0.25, -0.2) is 22.0 Å². The summed E-state index contributed by atoms with van der Waals surface area (Å²) in [4.78, 5) is 35.7. The molecule has 14 heteroatoms. The smallest absolute Gasteiger partial charge is 0.409 e. The molecule has 0 aliphatic carbocycles. The van der Waals surface area contributed by atoms with E-state index in [1.807, 2.05) is 0 Å². The third kappa shape index (κ3) is 8.60. The standard InChI is InChI=1S/C24H27ClF2N2O6S.CH2O2/c1-16(14-35-24(31)29-11-9-28(10-12-29)22(30)15-34-2)23(20-13-18(26)5-8-21(20)27)36(32,33)19-6-3-17(25)4-7-19;2-1-3/h3-8,13,16,23H,9-12,14-15H2,1-2H3;1H,(H,2,3)/t16-,23+;/m1./s1. The summed E-state index contributed by atoms with van der Waals surface area (Å²) in [6.45, 7) is 1.87. The summed E-state index contributed by atoms with van der Waals surface area (Å²) < 4.78 is 66.0. The van der Waals surface area contributed by atoms with E-state index in [0.29, 0.717) is 18.1 Å². The number of nitrogens with zero attached hydrogens (tertiary/aromatic N) is 2. The van der Waals surface area contributed by atoms with Crippen LogP contribution in [0.4, 0.5) is 13.6 Å². The maximum atomic E-state index is 14.7. The zero-order valence-electron chi connectivity index (χ0n) is 21.3. The Labute approximate surface area is 230 Å². The number of hydrogen-bond donors (Lipinski definition) is 1. The van der Waals surface area contributed by atoms with Gasteiger partial charge in [-0.15, -0.1) is 0 Å². The maximum Gasteiger partial charge on any atom is 0.409 e. The van der Waals surface area contributed by atoms with Gasteiger partial charge in [0.2, 0.25) is 5.91 Å². The number of carbonyl (C=O) groups is 3. The Bertz CT molecular complexity index is 1240. The first-order valence-corrected chi connectivity index (χ1v) is 13.6. The van der Waals surface area contributed by atoms with Gasteiger partial charge in [0.05, 0.1) is 16.8 Å². The number of halogens is 3. The van der Waals surface area contributed by atoms with E-state index in [2.05, 4.69) is 0 Å². The molecular weight excluding hydrogens is 562 g/mol. The van der Waals surface area contributed by atoms with Crippen LogP contribution in [0, 0.1) is 17.6 Å². The van der Waals surface area contributed by atoms with Gasteiger partial charge in [0.15, 0.2) is 9.84 Å². The topological polar surface area (TPSA) is 131 Å². The van der Waals surface area contributed by atoms with Crippen LogP contribution in [-0.4, -0.2) is 88.3 Å². The van der Waals surface area contributed by atoms with Crippen molar-refractivity contribution in [2.75, 3.05) is 46.5 Å². The summed E-state index contributed by atoms with van der Waals surface area (Å²) in [7, 11) is -2.81. The molecule has 214 valence electrons. The van der Waals surface area contributed by atoms with Crippen molar-refractivity contribution in [2.24, 2.45) is 5.92 Å². The SMILES string of the molecule is COCC(=O)N1CCN(C(=O)OC[C@@H](C)[C@@H](c2cc(F)ccc2F)S(=O)(=O)c2ccc(Cl)cc2)CC1.O=CO. The molecule has 0 aromatic heterocycles. The van der Waals surface area contributed by atoms with Gasteiger partial charge in [0, 0.05) is 49.8 Å². The Morgan fingerprint density at radius 1 is 1.08 bits per heavy atom. The van der Waals surface area contributed by atoms with Crippen molar-refractivity contribution < 1.29 is 46.2 Å². The highest BCUT2D eigenvalue weighted by Gasteiger charge is 2.37. The molecule has 1 fully saturated rings. The lowest BCUT2D eigenvalue weighted by Gasteiger charge is -2.34. The first-order valence-electron chi connectivity index (χ1n) is 11.7. The van der Waals surface area contributed by atoms with Crippen molar-refractivity contribution in [2.45, 2.75) is 17.1 Å². The molecular formula is C25H29ClF2N2O8S. The molecule has 2 atom stereocenters. The summed E-state index contributed by atoms with van der Waals surface area (Å²) in [6, 6.07) is 7.92. The molecule has 2 amide bonds. The summed E-state index contributed by atoms with van der Waals surface area (Å²) in [5.74, 6) is -2.82. The molecule has 1 saturated heterocycles. The second-order valence-electron chi connectivity index (χ2n) is 8.55. The van der Waals surface area contributed by atoms with Crippen LogP contribution >= 0.6 is 11.6 Å². The summed E-state index contributed by atoms with van der Waals surface area (Å²) in [5.41, 5.74) is -0.362. The van der Waals surface area contributed by atoms with Crippen LogP contribution < -0.4 is 0 Å². The lowest BCUT2D eigenvalue weighted by molar-refractivity contribution is -0.136. The zero-order chi connectivity index (χ0) is 29.2. The minimum atomic E-state index is -4.23. The fourth-order valence-electron chi connectivity index (χ4n) is 4.02. The Hall–Kier alpha value is -3.29. The Balaban J connectivity index is 0.00000170. The largest absolute Gasteiger partial charge is 0.483 e. The Morgan fingerprint density at radius 2 is 1.64 bits per heavy atom. The van der Waals surface area contributed by atoms with Crippen molar-refractivity contribution in [3.05, 3.63) is 64.7 Å². The lowest BCUT2D eigenvalue weighted by Crippen LogP contribution is -2.51. The molecule has 0 spiro atoms. The number of carboxylic acid groups (broad SMARTS) is 1. The maximum absolute atomic E-state index is 14.7. The van der Waals surface area contributed by atoms with Crippen molar-refractivity contribution in [3.8, 4) is 0 Å². The van der Waals surface area contributed by atoms with Crippen LogP contribution in [0.3, 0.4) is 0 Å². The molecule has 1 aliphatic rings. The van der Waals surface area contributed by atoms with E-state index in [9.17, 15) is 26.8 Å². The average Bonchev–Trinajstić information content (AvgIpc) is 2.90. The number of methoxy groups -OCH3 is 1. The highest BCUT2D eigenvalue weighted by atomic mass is 35.5. The van der Waals surface area contributed by atoms with E-state index in [1.54, 1.807) is 4.90 Å². The van der Waals surface area contributed by atoms with Gasteiger partial charge in [0.25, 0.3) is 6.47 Å². The van der Waals surface area contributed by atoms with Crippen molar-refractivity contribution in [3.63, 3.8) is 0 Å². The predicted octanol–water partition coefficient (Wildman–Crippen LogP) is 3.40. The molecule has 0 bridgehead atoms. The minimum absolute atomic E-state index is 0.0535. The number of hydrogen-bond acceptors (Lipinski definition) is 7. The second-order valence-corrected chi connectivity index (χ2v) is 11.1. The van der Waals surface area contributed by atoms with E-state index < -0.39 is 38.7 Å². The first kappa shape index (κ1) is 31.9. The highest BCUT2D eigenvalue weighted by Crippen LogP contribution is 2.37. The van der Waals surface area contributed by atoms with Crippen LogP contribution in [0.1, 0.15) is 17.7 Å². The van der Waals surface area contributed by atoms with Crippen LogP contribution in [-0.2, 0) is 28.9 Å². The minimum Gasteiger partial charge on any atom is -0.483 e. The van der Waals surface area contributed by atoms with Gasteiger partial charge in [-0.2, -0.15) is 0 Å². The normalized spacial score (nSPS) is 15.0. The number of ether oxygens (including phenoxy) is 2. The third-order valence-electron chi connectivity index (χ3n) is 5.89. The Morgan fingerprint density at radius 3 is 2.21 bits per heavy atom. The number of rotatable bonds is 8. The first-order chi connectivity index (χ1) is 18.5. The van der Waals surface area contributed by atoms with E-state index in [0.717, 1.165) is 18.2 Å². The molecule has 0 unspecified atom stereocenters. The molecule has 1 N–H and O–H groups in total. The molecule has 39 heavy (non-hydrogen) atoms. The second kappa shape index (κ2) is 14.8. The molecule has 1 aliphatic heterocycles. The van der Waals surface area contributed by atoms with Crippen LogP contribution in [0.5, 0.6) is 0 Å². The number of carbonyl (C=O) groups excluding carboxylic acids is 2. The Kier molecular flexibility index (Phi) is 12.1. The van der Waals surface area contributed by atoms with Gasteiger partial charge in [0.1, 0.15) is 18.2 Å². The lowest BCUT2D eigenvalue weighted by atomic mass is 10.0. The zero-order valence-corrected chi connectivity index (χ0v) is 22.8. The fraction of sp³-hybridized carbons (Fsp3) is 0.400. The molecule has 1 heterocycles. The number of benzene rings is 2. The molecule has 0 radical (unpaired) electrons. The van der Waals surface area contributed by atoms with Crippen molar-refractivity contribution in [1.82, 2.24) is 9.80 Å². The van der Waals surface area contributed by atoms with Gasteiger partial charge in [-0.3, -0.25) is 9.59 Å². The quantitative estimate of drug-likeness (QED) is 0.463. The predicted molar refractivity (Wildman–Crippen MR) is 137 cm³/mol. The van der Waals surface area contributed by atoms with Gasteiger partial charge in [-0.05, 0) is 42.5 Å². The van der Waals surface area contributed by atoms with Gasteiger partial charge < -0.3 is 24.4 Å². The average molecular weight is 591 g/mol. The van der Waals surface area contributed by atoms with Crippen LogP contribution in [0.25, 0.3) is 0 Å². The van der Waals surface area contributed by atoms with Crippen molar-refractivity contribution in [1.29, 1.82) is 0 Å². The fourth-order valence-corrected chi connectivity index (χ4v) is 6.16. The number of amides is 2. The van der Waals surface area contributed by atoms with E-state index in [-0.39, 0.29) is 49.1 Å². The van der Waals surface area contributed by atoms with E-state index in [1.165, 1.54) is 43.2 Å². The molecule has 0 saturated carbocycles. The molecule has 2 aromatic carbocycles. The number of piperazine rings is 1. The van der Waals surface area contributed by atoms with E-state index in [4.69, 9.17) is 31.0 Å². The summed E-state index contributed by atoms with van der Waals surface area (Å²) in [5, 5.41) is 5.67. The molecule has 3 rings (SSSR count).